The summed E-state index contributed by atoms with van der Waals surface area (Å²) in [6.45, 7) is 30.5. The third-order valence-corrected chi connectivity index (χ3v) is 16.4. The summed E-state index contributed by atoms with van der Waals surface area (Å²) in [7, 11) is -0.398. The smallest absolute Gasteiger partial charge is 0.246 e. The van der Waals surface area contributed by atoms with Crippen molar-refractivity contribution in [2.45, 2.75) is 174 Å². The molecule has 0 saturated heterocycles. The van der Waals surface area contributed by atoms with Gasteiger partial charge in [0.05, 0.1) is 0 Å². The van der Waals surface area contributed by atoms with Crippen LogP contribution in [0, 0.1) is 41.5 Å². The number of ether oxygens (including phenoxy) is 4. The number of rotatable bonds is 4. The van der Waals surface area contributed by atoms with Crippen LogP contribution < -0.4 is 18.9 Å². The van der Waals surface area contributed by atoms with E-state index in [9.17, 15) is 0 Å². The van der Waals surface area contributed by atoms with E-state index in [1.165, 1.54) is 60.8 Å². The van der Waals surface area contributed by atoms with E-state index in [1.807, 2.05) is 13.8 Å². The Morgan fingerprint density at radius 1 is 0.542 bits per heavy atom. The Hall–Kier alpha value is -3.48. The summed E-state index contributed by atoms with van der Waals surface area (Å²) in [5.41, 5.74) is 11.3. The van der Waals surface area contributed by atoms with E-state index < -0.39 is 5.79 Å². The van der Waals surface area contributed by atoms with Crippen molar-refractivity contribution in [1.82, 2.24) is 0 Å². The molecule has 0 N–H and O–H groups in total. The SMILES string of the molecule is C=S1Cc2cc(C(C)(C)C)cc(Oc3c(C)cc(C)cc3C)c2OC(C)(C)Oc2c(cc(C(C)(C)C)cc2Oc2c(C)cc(C)cc2C)CS(=C)C2CCCCCCC21. The van der Waals surface area contributed by atoms with Gasteiger partial charge < -0.3 is 18.9 Å². The van der Waals surface area contributed by atoms with Gasteiger partial charge in [0.25, 0.3) is 0 Å². The van der Waals surface area contributed by atoms with Crippen LogP contribution in [0.15, 0.2) is 48.5 Å². The van der Waals surface area contributed by atoms with Crippen LogP contribution in [-0.2, 0) is 22.3 Å². The number of fused-ring (bicyclic) bond motifs is 3. The molecule has 320 valence electrons. The molecule has 6 rings (SSSR count). The first-order chi connectivity index (χ1) is 27.5. The van der Waals surface area contributed by atoms with Gasteiger partial charge in [-0.3, -0.25) is 0 Å². The summed E-state index contributed by atoms with van der Waals surface area (Å²) in [6, 6.07) is 17.9. The minimum Gasteiger partial charge on any atom is -0.453 e. The summed E-state index contributed by atoms with van der Waals surface area (Å²) >= 11 is 0. The highest BCUT2D eigenvalue weighted by atomic mass is 32.2. The van der Waals surface area contributed by atoms with Crippen molar-refractivity contribution in [3.05, 3.63) is 104 Å². The second kappa shape index (κ2) is 17.5. The van der Waals surface area contributed by atoms with Crippen molar-refractivity contribution in [2.24, 2.45) is 0 Å². The van der Waals surface area contributed by atoms with E-state index in [-0.39, 0.29) is 31.8 Å². The molecule has 1 heterocycles. The molecule has 4 aromatic carbocycles. The Morgan fingerprint density at radius 3 is 1.20 bits per heavy atom. The van der Waals surface area contributed by atoms with E-state index in [0.717, 1.165) is 67.9 Å². The third-order valence-electron chi connectivity index (χ3n) is 12.0. The van der Waals surface area contributed by atoms with Gasteiger partial charge in [-0.2, -0.15) is 21.0 Å². The summed E-state index contributed by atoms with van der Waals surface area (Å²) < 4.78 is 28.8. The van der Waals surface area contributed by atoms with Crippen molar-refractivity contribution >= 4 is 32.7 Å². The molecule has 0 amide bonds. The van der Waals surface area contributed by atoms with Crippen molar-refractivity contribution < 1.29 is 18.9 Å². The van der Waals surface area contributed by atoms with Gasteiger partial charge in [-0.15, -0.1) is 0 Å². The lowest BCUT2D eigenvalue weighted by atomic mass is 9.86. The van der Waals surface area contributed by atoms with Gasteiger partial charge in [0.1, 0.15) is 11.5 Å². The Kier molecular flexibility index (Phi) is 13.3. The zero-order valence-electron chi connectivity index (χ0n) is 38.8. The van der Waals surface area contributed by atoms with Gasteiger partial charge in [0, 0.05) is 47.0 Å². The van der Waals surface area contributed by atoms with E-state index in [4.69, 9.17) is 30.7 Å². The second-order valence-corrected chi connectivity index (χ2v) is 24.1. The predicted molar refractivity (Wildman–Crippen MR) is 259 cm³/mol. The Labute approximate surface area is 362 Å². The van der Waals surface area contributed by atoms with Crippen LogP contribution in [0.2, 0.25) is 0 Å². The average molecular weight is 837 g/mol. The maximum Gasteiger partial charge on any atom is 0.246 e. The zero-order valence-corrected chi connectivity index (χ0v) is 40.4. The molecule has 4 unspecified atom stereocenters. The fourth-order valence-corrected chi connectivity index (χ4v) is 13.7. The van der Waals surface area contributed by atoms with E-state index in [2.05, 4.69) is 132 Å². The lowest BCUT2D eigenvalue weighted by Gasteiger charge is -2.34. The van der Waals surface area contributed by atoms with Gasteiger partial charge in [0.2, 0.25) is 5.79 Å². The van der Waals surface area contributed by atoms with Crippen LogP contribution in [0.4, 0.5) is 0 Å². The van der Waals surface area contributed by atoms with Crippen LogP contribution in [0.25, 0.3) is 0 Å². The average Bonchev–Trinajstić information content (AvgIpc) is 3.08. The quantitative estimate of drug-likeness (QED) is 0.192. The number of hydrogen-bond donors (Lipinski definition) is 0. The molecule has 1 aliphatic heterocycles. The molecule has 6 heteroatoms. The van der Waals surface area contributed by atoms with Gasteiger partial charge in [-0.1, -0.05) is 126 Å². The highest BCUT2D eigenvalue weighted by molar-refractivity contribution is 8.17. The molecule has 0 bridgehead atoms. The van der Waals surface area contributed by atoms with E-state index in [1.54, 1.807) is 0 Å². The molecule has 4 nitrogen and oxygen atoms in total. The molecular formula is C53H72O4S2. The Balaban J connectivity index is 1.62. The topological polar surface area (TPSA) is 36.9 Å². The van der Waals surface area contributed by atoms with Crippen molar-refractivity contribution in [3.63, 3.8) is 0 Å². The maximum atomic E-state index is 7.31. The van der Waals surface area contributed by atoms with Gasteiger partial charge in [-0.25, -0.2) is 0 Å². The van der Waals surface area contributed by atoms with Crippen LogP contribution >= 0.6 is 21.0 Å². The molecule has 59 heavy (non-hydrogen) atoms. The lowest BCUT2D eigenvalue weighted by molar-refractivity contribution is -0.0838. The fourth-order valence-electron chi connectivity index (χ4n) is 8.96. The van der Waals surface area contributed by atoms with E-state index >= 15 is 0 Å². The van der Waals surface area contributed by atoms with Gasteiger partial charge >= 0.3 is 0 Å². The molecular weight excluding hydrogens is 765 g/mol. The summed E-state index contributed by atoms with van der Waals surface area (Å²) in [5.74, 6) is 15.2. The summed E-state index contributed by atoms with van der Waals surface area (Å²) in [5, 5.41) is 0.900. The summed E-state index contributed by atoms with van der Waals surface area (Å²) in [4.78, 5) is 0. The van der Waals surface area contributed by atoms with E-state index in [0.29, 0.717) is 22.0 Å². The van der Waals surface area contributed by atoms with Crippen LogP contribution in [0.1, 0.15) is 150 Å². The van der Waals surface area contributed by atoms with Crippen molar-refractivity contribution in [3.8, 4) is 34.5 Å². The lowest BCUT2D eigenvalue weighted by Crippen LogP contribution is -2.36. The fraction of sp³-hybridized carbons (Fsp3) is 0.509. The molecule has 1 aliphatic carbocycles. The third kappa shape index (κ3) is 10.5. The summed E-state index contributed by atoms with van der Waals surface area (Å²) in [6.07, 6.45) is 7.38. The van der Waals surface area contributed by atoms with Crippen molar-refractivity contribution in [2.75, 3.05) is 0 Å². The predicted octanol–water partition coefficient (Wildman–Crippen LogP) is 15.4. The highest BCUT2D eigenvalue weighted by Crippen LogP contribution is 2.51. The van der Waals surface area contributed by atoms with Crippen LogP contribution in [0.5, 0.6) is 34.5 Å². The normalized spacial score (nSPS) is 21.4. The van der Waals surface area contributed by atoms with Gasteiger partial charge in [-0.05, 0) is 111 Å². The first kappa shape index (κ1) is 45.1. The molecule has 0 radical (unpaired) electrons. The maximum absolute atomic E-state index is 7.31. The second-order valence-electron chi connectivity index (χ2n) is 20.1. The number of aryl methyl sites for hydroxylation is 6. The monoisotopic (exact) mass is 836 g/mol. The first-order valence-electron chi connectivity index (χ1n) is 21.7. The minimum absolute atomic E-state index is 0.123. The molecule has 0 aromatic heterocycles. The minimum atomic E-state index is -1.13. The highest BCUT2D eigenvalue weighted by Gasteiger charge is 2.35. The molecule has 1 saturated carbocycles. The van der Waals surface area contributed by atoms with Crippen LogP contribution in [-0.4, -0.2) is 28.0 Å². The Morgan fingerprint density at radius 2 is 0.881 bits per heavy atom. The number of benzene rings is 4. The van der Waals surface area contributed by atoms with Crippen LogP contribution in [0.3, 0.4) is 0 Å². The molecule has 1 fully saturated rings. The largest absolute Gasteiger partial charge is 0.453 e. The Bertz CT molecular complexity index is 2050. The molecule has 2 aliphatic rings. The molecule has 4 atom stereocenters. The molecule has 0 spiro atoms. The standard InChI is InChI=1S/C53H72O4S2/c1-33-23-35(3)47(36(4)24-33)54-43-29-41(51(7,8)9)27-39-31-58(15)45-21-19-17-18-20-22-46(45)59(16)32-40-28-42(52(10,11)12)30-44(50(40)57-53(13,14)56-49(39)43)55-48-37(5)25-34(2)26-38(48)6/h23-30,45-46H,15-22,31-32H2,1-14H3. The van der Waals surface area contributed by atoms with Gasteiger partial charge in [0.15, 0.2) is 23.0 Å². The molecule has 4 aromatic rings. The zero-order chi connectivity index (χ0) is 43.2. The first-order valence-corrected chi connectivity index (χ1v) is 25.0. The number of hydrogen-bond acceptors (Lipinski definition) is 4. The van der Waals surface area contributed by atoms with Crippen molar-refractivity contribution in [1.29, 1.82) is 0 Å².